The maximum absolute atomic E-state index is 10.8. The number of aliphatic hydroxyl groups is 2. The number of nitrogens with zero attached hydrogens (tertiary/aromatic N) is 1. The van der Waals surface area contributed by atoms with Crippen molar-refractivity contribution < 1.29 is 34.1 Å². The van der Waals surface area contributed by atoms with Gasteiger partial charge in [-0.2, -0.15) is 0 Å². The Balaban J connectivity index is 0.000000245. The highest BCUT2D eigenvalue weighted by Gasteiger charge is 2.12. The Morgan fingerprint density at radius 2 is 1.52 bits per heavy atom. The normalized spacial score (nSPS) is 9.87. The van der Waals surface area contributed by atoms with E-state index in [9.17, 15) is 14.4 Å². The molecule has 0 aliphatic heterocycles. The minimum Gasteiger partial charge on any atom is -0.362 e. The van der Waals surface area contributed by atoms with Gasteiger partial charge in [-0.15, -0.1) is 0 Å². The first kappa shape index (κ1) is 25.5. The van der Waals surface area contributed by atoms with Crippen LogP contribution in [0.5, 0.6) is 0 Å². The van der Waals surface area contributed by atoms with E-state index in [1.54, 1.807) is 24.4 Å². The summed E-state index contributed by atoms with van der Waals surface area (Å²) in [5.74, 6) is -0.315. The molecule has 0 spiro atoms. The number of hydrogen-bond donors (Lipinski definition) is 3. The van der Waals surface area contributed by atoms with Crippen molar-refractivity contribution in [2.75, 3.05) is 14.2 Å². The van der Waals surface area contributed by atoms with Crippen molar-refractivity contribution in [1.29, 1.82) is 0 Å². The lowest BCUT2D eigenvalue weighted by Gasteiger charge is -2.01. The van der Waals surface area contributed by atoms with E-state index in [1.165, 1.54) is 26.4 Å². The molecule has 0 unspecified atom stereocenters. The minimum absolute atomic E-state index is 0.308. The van der Waals surface area contributed by atoms with Crippen LogP contribution in [-0.4, -0.2) is 65.3 Å². The lowest BCUT2D eigenvalue weighted by atomic mass is 10.1. The molecule has 1 aromatic heterocycles. The number of Topliss-reactive ketones (excluding diaryl/α,β-unsaturated/α-hetero) is 1. The summed E-state index contributed by atoms with van der Waals surface area (Å²) in [5.41, 5.74) is 2.20. The average molecular weight is 428 g/mol. The van der Waals surface area contributed by atoms with Crippen LogP contribution in [0.3, 0.4) is 0 Å². The minimum atomic E-state index is -1.91. The number of carbonyl (C=O) groups is 3. The van der Waals surface area contributed by atoms with Crippen LogP contribution in [0.15, 0.2) is 66.9 Å². The number of aromatic amines is 1. The molecule has 1 heterocycles. The van der Waals surface area contributed by atoms with Gasteiger partial charge in [0.05, 0.1) is 11.9 Å². The molecule has 3 rings (SSSR count). The molecule has 164 valence electrons. The van der Waals surface area contributed by atoms with E-state index in [2.05, 4.69) is 19.4 Å². The van der Waals surface area contributed by atoms with Crippen LogP contribution >= 0.6 is 0 Å². The van der Waals surface area contributed by atoms with Gasteiger partial charge in [0.25, 0.3) is 0 Å². The average Bonchev–Trinajstić information content (AvgIpc) is 3.31. The van der Waals surface area contributed by atoms with Gasteiger partial charge in [0.15, 0.2) is 18.4 Å². The summed E-state index contributed by atoms with van der Waals surface area (Å²) in [4.78, 5) is 37.7. The van der Waals surface area contributed by atoms with Crippen molar-refractivity contribution in [1.82, 2.24) is 9.97 Å². The Morgan fingerprint density at radius 3 is 1.90 bits per heavy atom. The first-order valence-corrected chi connectivity index (χ1v) is 8.98. The molecule has 31 heavy (non-hydrogen) atoms. The molecule has 2 aromatic carbocycles. The zero-order chi connectivity index (χ0) is 23.1. The number of aromatic nitrogens is 2. The number of aldehydes is 2. The maximum atomic E-state index is 10.8. The molecule has 0 atom stereocenters. The number of rotatable bonds is 7. The number of ether oxygens (including phenoxy) is 2. The first-order valence-electron chi connectivity index (χ1n) is 8.98. The third kappa shape index (κ3) is 9.24. The summed E-state index contributed by atoms with van der Waals surface area (Å²) in [6.07, 6.45) is 0.336. The van der Waals surface area contributed by atoms with Crippen LogP contribution in [0, 0.1) is 0 Å². The number of ketones is 1. The Hall–Kier alpha value is -3.50. The van der Waals surface area contributed by atoms with Crippen LogP contribution in [0.1, 0.15) is 21.0 Å². The monoisotopic (exact) mass is 428 g/mol. The lowest BCUT2D eigenvalue weighted by Crippen LogP contribution is -2.18. The summed E-state index contributed by atoms with van der Waals surface area (Å²) in [6, 6.07) is 17.9. The molecule has 3 aromatic rings. The van der Waals surface area contributed by atoms with Gasteiger partial charge in [-0.1, -0.05) is 60.7 Å². The fraction of sp³-hybridized carbons (Fsp3) is 0.182. The number of hydrogen-bond acceptors (Lipinski definition) is 8. The van der Waals surface area contributed by atoms with Gasteiger partial charge in [0, 0.05) is 19.8 Å². The third-order valence-electron chi connectivity index (χ3n) is 3.66. The molecule has 0 saturated carbocycles. The second-order valence-corrected chi connectivity index (χ2v) is 5.75. The van der Waals surface area contributed by atoms with Crippen LogP contribution in [0.25, 0.3) is 11.3 Å². The number of carbonyl (C=O) groups excluding carboxylic acids is 3. The summed E-state index contributed by atoms with van der Waals surface area (Å²) in [5, 5.41) is 17.0. The fourth-order valence-corrected chi connectivity index (χ4v) is 2.12. The van der Waals surface area contributed by atoms with E-state index in [1.807, 2.05) is 30.3 Å². The largest absolute Gasteiger partial charge is 0.362 e. The number of H-pyrrole nitrogens is 1. The molecule has 0 saturated heterocycles. The maximum Gasteiger partial charge on any atom is 0.218 e. The Labute approximate surface area is 179 Å². The molecular formula is C22H24N2O7. The van der Waals surface area contributed by atoms with Gasteiger partial charge in [-0.05, 0) is 5.56 Å². The second kappa shape index (κ2) is 14.5. The number of imidazole rings is 1. The van der Waals surface area contributed by atoms with Gasteiger partial charge >= 0.3 is 0 Å². The van der Waals surface area contributed by atoms with Crippen molar-refractivity contribution in [2.45, 2.75) is 12.6 Å². The molecule has 0 amide bonds. The summed E-state index contributed by atoms with van der Waals surface area (Å²) in [6.45, 7) is 0. The van der Waals surface area contributed by atoms with E-state index >= 15 is 0 Å². The smallest absolute Gasteiger partial charge is 0.218 e. The van der Waals surface area contributed by atoms with Gasteiger partial charge in [-0.25, -0.2) is 4.98 Å². The zero-order valence-electron chi connectivity index (χ0n) is 17.0. The summed E-state index contributed by atoms with van der Waals surface area (Å²) >= 11 is 0. The molecule has 9 heteroatoms. The molecule has 0 bridgehead atoms. The number of aliphatic hydroxyl groups excluding tert-OH is 1. The van der Waals surface area contributed by atoms with E-state index in [4.69, 9.17) is 10.2 Å². The van der Waals surface area contributed by atoms with Gasteiger partial charge in [0.1, 0.15) is 0 Å². The predicted molar refractivity (Wildman–Crippen MR) is 112 cm³/mol. The highest BCUT2D eigenvalue weighted by Crippen LogP contribution is 2.15. The van der Waals surface area contributed by atoms with Gasteiger partial charge in [-0.3, -0.25) is 14.4 Å². The molecule has 0 fully saturated rings. The SMILES string of the molecule is COC(C=O)OC.O=C(c1ccccc1)C(O)O.O=Cc1ncc(-c2ccccc2)[nH]1. The van der Waals surface area contributed by atoms with Crippen LogP contribution in [0.4, 0.5) is 0 Å². The molecular weight excluding hydrogens is 404 g/mol. The summed E-state index contributed by atoms with van der Waals surface area (Å²) in [7, 11) is 2.81. The molecule has 3 N–H and O–H groups in total. The molecule has 0 aliphatic carbocycles. The van der Waals surface area contributed by atoms with Crippen molar-refractivity contribution in [2.24, 2.45) is 0 Å². The van der Waals surface area contributed by atoms with Crippen LogP contribution in [0.2, 0.25) is 0 Å². The van der Waals surface area contributed by atoms with Gasteiger partial charge < -0.3 is 24.7 Å². The zero-order valence-corrected chi connectivity index (χ0v) is 17.0. The van der Waals surface area contributed by atoms with E-state index < -0.39 is 18.4 Å². The van der Waals surface area contributed by atoms with Crippen molar-refractivity contribution in [3.05, 3.63) is 78.2 Å². The highest BCUT2D eigenvalue weighted by molar-refractivity contribution is 5.98. The topological polar surface area (TPSA) is 139 Å². The molecule has 9 nitrogen and oxygen atoms in total. The second-order valence-electron chi connectivity index (χ2n) is 5.75. The van der Waals surface area contributed by atoms with Crippen molar-refractivity contribution in [3.63, 3.8) is 0 Å². The first-order chi connectivity index (χ1) is 15.0. The van der Waals surface area contributed by atoms with E-state index in [0.717, 1.165) is 11.3 Å². The number of benzene rings is 2. The highest BCUT2D eigenvalue weighted by atomic mass is 16.7. The Bertz CT molecular complexity index is 908. The number of nitrogens with one attached hydrogen (secondary N) is 1. The van der Waals surface area contributed by atoms with E-state index in [-0.39, 0.29) is 0 Å². The van der Waals surface area contributed by atoms with Crippen LogP contribution in [-0.2, 0) is 14.3 Å². The van der Waals surface area contributed by atoms with Crippen LogP contribution < -0.4 is 0 Å². The third-order valence-corrected chi connectivity index (χ3v) is 3.66. The number of methoxy groups -OCH3 is 2. The van der Waals surface area contributed by atoms with Crippen molar-refractivity contribution in [3.8, 4) is 11.3 Å². The lowest BCUT2D eigenvalue weighted by molar-refractivity contribution is -0.143. The van der Waals surface area contributed by atoms with Crippen molar-refractivity contribution >= 4 is 18.4 Å². The van der Waals surface area contributed by atoms with E-state index in [0.29, 0.717) is 24.0 Å². The van der Waals surface area contributed by atoms with Gasteiger partial charge in [0.2, 0.25) is 18.4 Å². The predicted octanol–water partition coefficient (Wildman–Crippen LogP) is 1.87. The standard InChI is InChI=1S/C10H8N2O.C8H8O3.C4H8O3/c13-7-10-11-6-9(12-10)8-4-2-1-3-5-8;9-7(8(10)11)6-4-2-1-3-5-6;1-6-4(3-5)7-2/h1-7H,(H,11,12);1-5,8,10-11H;3-4H,1-2H3. The quantitative estimate of drug-likeness (QED) is 0.294. The molecule has 0 aliphatic rings. The summed E-state index contributed by atoms with van der Waals surface area (Å²) < 4.78 is 8.92. The molecule has 0 radical (unpaired) electrons. The Morgan fingerprint density at radius 1 is 0.968 bits per heavy atom. The fourth-order valence-electron chi connectivity index (χ4n) is 2.12. The Kier molecular flexibility index (Phi) is 11.9.